The second-order valence-electron chi connectivity index (χ2n) is 5.62. The maximum atomic E-state index is 11.0. The van der Waals surface area contributed by atoms with Crippen LogP contribution in [0.4, 0.5) is 0 Å². The minimum atomic E-state index is -1.15. The number of hydrogen-bond donors (Lipinski definition) is 4. The first-order valence-corrected chi connectivity index (χ1v) is 7.61. The minimum absolute atomic E-state index is 0.0441. The van der Waals surface area contributed by atoms with E-state index >= 15 is 0 Å². The van der Waals surface area contributed by atoms with E-state index in [2.05, 4.69) is 0 Å². The van der Waals surface area contributed by atoms with Crippen molar-refractivity contribution in [3.63, 3.8) is 0 Å². The zero-order valence-corrected chi connectivity index (χ0v) is 13.4. The molecular weight excluding hydrogens is 336 g/mol. The van der Waals surface area contributed by atoms with Crippen LogP contribution in [-0.4, -0.2) is 32.4 Å². The molecule has 3 aromatic carbocycles. The molecule has 0 radical (unpaired) electrons. The number of phenolic OH excluding ortho intramolecular Hbond substituents is 2. The zero-order valence-electron chi connectivity index (χ0n) is 13.4. The number of carboxylic acid groups (broad SMARTS) is 2. The number of benzene rings is 3. The van der Waals surface area contributed by atoms with Crippen molar-refractivity contribution in [3.8, 4) is 33.8 Å². The Balaban J connectivity index is 2.16. The summed E-state index contributed by atoms with van der Waals surface area (Å²) in [6.45, 7) is 0. The third kappa shape index (κ3) is 3.08. The van der Waals surface area contributed by atoms with E-state index in [0.717, 1.165) is 12.1 Å². The van der Waals surface area contributed by atoms with Gasteiger partial charge in [0.1, 0.15) is 11.5 Å². The lowest BCUT2D eigenvalue weighted by Gasteiger charge is -2.13. The number of phenols is 2. The average molecular weight is 350 g/mol. The van der Waals surface area contributed by atoms with E-state index in [9.17, 15) is 19.8 Å². The van der Waals surface area contributed by atoms with Gasteiger partial charge in [-0.15, -0.1) is 0 Å². The van der Waals surface area contributed by atoms with Crippen LogP contribution in [0.25, 0.3) is 22.3 Å². The van der Waals surface area contributed by atoms with Gasteiger partial charge in [0.15, 0.2) is 0 Å². The fourth-order valence-electron chi connectivity index (χ4n) is 2.74. The molecule has 0 spiro atoms. The first-order valence-electron chi connectivity index (χ1n) is 7.61. The molecule has 0 saturated heterocycles. The van der Waals surface area contributed by atoms with Crippen molar-refractivity contribution in [3.05, 3.63) is 71.8 Å². The van der Waals surface area contributed by atoms with Crippen molar-refractivity contribution >= 4 is 11.9 Å². The Hall–Kier alpha value is -3.80. The summed E-state index contributed by atoms with van der Waals surface area (Å²) in [5, 5.41) is 38.5. The molecule has 0 atom stereocenters. The molecule has 0 fully saturated rings. The van der Waals surface area contributed by atoms with Crippen LogP contribution in [0.5, 0.6) is 11.5 Å². The lowest BCUT2D eigenvalue weighted by atomic mass is 9.92. The largest absolute Gasteiger partial charge is 0.507 e. The second-order valence-corrected chi connectivity index (χ2v) is 5.62. The third-order valence-corrected chi connectivity index (χ3v) is 4.00. The van der Waals surface area contributed by atoms with Gasteiger partial charge in [-0.25, -0.2) is 9.59 Å². The van der Waals surface area contributed by atoms with Crippen LogP contribution in [0.1, 0.15) is 20.7 Å². The monoisotopic (exact) mass is 350 g/mol. The Morgan fingerprint density at radius 2 is 0.962 bits per heavy atom. The van der Waals surface area contributed by atoms with Gasteiger partial charge >= 0.3 is 11.9 Å². The van der Waals surface area contributed by atoms with Crippen LogP contribution in [0.2, 0.25) is 0 Å². The van der Waals surface area contributed by atoms with Crippen LogP contribution in [0, 0.1) is 0 Å². The summed E-state index contributed by atoms with van der Waals surface area (Å²) >= 11 is 0. The first kappa shape index (κ1) is 17.0. The van der Waals surface area contributed by atoms with Crippen molar-refractivity contribution in [2.24, 2.45) is 0 Å². The summed E-state index contributed by atoms with van der Waals surface area (Å²) in [4.78, 5) is 22.1. The van der Waals surface area contributed by atoms with Gasteiger partial charge < -0.3 is 20.4 Å². The molecular formula is C20H14O6. The Labute approximate surface area is 148 Å². The lowest BCUT2D eigenvalue weighted by molar-refractivity contribution is 0.0686. The molecule has 3 aromatic rings. The average Bonchev–Trinajstić information content (AvgIpc) is 2.61. The van der Waals surface area contributed by atoms with Gasteiger partial charge in [0.05, 0.1) is 11.1 Å². The number of aromatic hydroxyl groups is 2. The summed E-state index contributed by atoms with van der Waals surface area (Å²) in [5.74, 6) is -2.72. The third-order valence-electron chi connectivity index (χ3n) is 4.00. The van der Waals surface area contributed by atoms with Crippen molar-refractivity contribution in [1.29, 1.82) is 0 Å². The van der Waals surface area contributed by atoms with Crippen molar-refractivity contribution in [2.75, 3.05) is 0 Å². The van der Waals surface area contributed by atoms with Crippen molar-refractivity contribution < 1.29 is 30.0 Å². The maximum absolute atomic E-state index is 11.0. The predicted molar refractivity (Wildman–Crippen MR) is 94.6 cm³/mol. The van der Waals surface area contributed by atoms with Crippen LogP contribution in [-0.2, 0) is 0 Å². The summed E-state index contributed by atoms with van der Waals surface area (Å²) in [5.41, 5.74) is 1.84. The molecule has 0 aromatic heterocycles. The number of carbonyl (C=O) groups is 2. The molecule has 4 N–H and O–H groups in total. The molecule has 0 heterocycles. The SMILES string of the molecule is O=C(O)c1ccc(-c2ccccc2-c2ccc(C(=O)O)cc2O)c(O)c1. The summed E-state index contributed by atoms with van der Waals surface area (Å²) in [6, 6.07) is 15.0. The van der Waals surface area contributed by atoms with E-state index in [1.54, 1.807) is 24.3 Å². The van der Waals surface area contributed by atoms with Gasteiger partial charge in [0, 0.05) is 11.1 Å². The summed E-state index contributed by atoms with van der Waals surface area (Å²) < 4.78 is 0. The molecule has 0 aliphatic carbocycles. The Morgan fingerprint density at radius 1 is 0.577 bits per heavy atom. The van der Waals surface area contributed by atoms with Gasteiger partial charge in [-0.05, 0) is 47.5 Å². The van der Waals surface area contributed by atoms with E-state index in [4.69, 9.17) is 10.2 Å². The normalized spacial score (nSPS) is 10.5. The van der Waals surface area contributed by atoms with Crippen molar-refractivity contribution in [2.45, 2.75) is 0 Å². The van der Waals surface area contributed by atoms with E-state index in [0.29, 0.717) is 22.3 Å². The molecule has 0 amide bonds. The number of aromatic carboxylic acids is 2. The Morgan fingerprint density at radius 3 is 1.27 bits per heavy atom. The smallest absolute Gasteiger partial charge is 0.335 e. The van der Waals surface area contributed by atoms with E-state index in [1.165, 1.54) is 24.3 Å². The highest BCUT2D eigenvalue weighted by molar-refractivity contribution is 5.94. The first-order chi connectivity index (χ1) is 12.4. The van der Waals surface area contributed by atoms with Gasteiger partial charge in [0.2, 0.25) is 0 Å². The molecule has 0 bridgehead atoms. The van der Waals surface area contributed by atoms with Crippen molar-refractivity contribution in [1.82, 2.24) is 0 Å². The Bertz CT molecular complexity index is 940. The Kier molecular flexibility index (Phi) is 4.33. The number of hydrogen-bond acceptors (Lipinski definition) is 4. The van der Waals surface area contributed by atoms with Gasteiger partial charge in [-0.3, -0.25) is 0 Å². The molecule has 130 valence electrons. The van der Waals surface area contributed by atoms with E-state index < -0.39 is 11.9 Å². The maximum Gasteiger partial charge on any atom is 0.335 e. The lowest BCUT2D eigenvalue weighted by Crippen LogP contribution is -1.97. The molecule has 0 unspecified atom stereocenters. The van der Waals surface area contributed by atoms with Crippen LogP contribution in [0.15, 0.2) is 60.7 Å². The predicted octanol–water partition coefficient (Wildman–Crippen LogP) is 3.83. The number of rotatable bonds is 4. The standard InChI is InChI=1S/C20H14O6/c21-17-9-11(19(23)24)5-7-15(17)13-3-1-2-4-14(13)16-8-6-12(20(25)26)10-18(16)22/h1-10,21-22H,(H,23,24)(H,25,26). The second kappa shape index (κ2) is 6.60. The van der Waals surface area contributed by atoms with Crippen LogP contribution < -0.4 is 0 Å². The molecule has 0 aliphatic rings. The fraction of sp³-hybridized carbons (Fsp3) is 0. The van der Waals surface area contributed by atoms with E-state index in [-0.39, 0.29) is 22.6 Å². The molecule has 26 heavy (non-hydrogen) atoms. The summed E-state index contributed by atoms with van der Waals surface area (Å²) in [6.07, 6.45) is 0. The fourth-order valence-corrected chi connectivity index (χ4v) is 2.74. The van der Waals surface area contributed by atoms with Gasteiger partial charge in [-0.2, -0.15) is 0 Å². The zero-order chi connectivity index (χ0) is 18.8. The molecule has 0 aliphatic heterocycles. The van der Waals surface area contributed by atoms with Gasteiger partial charge in [0.25, 0.3) is 0 Å². The molecule has 3 rings (SSSR count). The molecule has 6 nitrogen and oxygen atoms in total. The quantitative estimate of drug-likeness (QED) is 0.568. The van der Waals surface area contributed by atoms with Crippen LogP contribution in [0.3, 0.4) is 0 Å². The van der Waals surface area contributed by atoms with E-state index in [1.807, 2.05) is 0 Å². The molecule has 6 heteroatoms. The summed E-state index contributed by atoms with van der Waals surface area (Å²) in [7, 11) is 0. The highest BCUT2D eigenvalue weighted by atomic mass is 16.4. The highest BCUT2D eigenvalue weighted by Gasteiger charge is 2.16. The highest BCUT2D eigenvalue weighted by Crippen LogP contribution is 2.40. The van der Waals surface area contributed by atoms with Crippen LogP contribution >= 0.6 is 0 Å². The number of carboxylic acids is 2. The molecule has 0 saturated carbocycles. The minimum Gasteiger partial charge on any atom is -0.507 e. The topological polar surface area (TPSA) is 115 Å². The van der Waals surface area contributed by atoms with Gasteiger partial charge in [-0.1, -0.05) is 24.3 Å².